The highest BCUT2D eigenvalue weighted by molar-refractivity contribution is 7.92. The van der Waals surface area contributed by atoms with E-state index in [1.54, 1.807) is 61.5 Å². The van der Waals surface area contributed by atoms with E-state index in [9.17, 15) is 18.0 Å². The summed E-state index contributed by atoms with van der Waals surface area (Å²) in [6, 6.07) is 18.6. The summed E-state index contributed by atoms with van der Waals surface area (Å²) in [5, 5.41) is 3.32. The third-order valence-electron chi connectivity index (χ3n) is 6.23. The molecular formula is C30H36ClN3O6S. The molecule has 0 saturated carbocycles. The SMILES string of the molecule is COc1ccc(S(=O)(=O)N(CC(=O)N(Cc2ccccc2Cl)[C@H](C)C(=O)NC(C)(C)C)c2ccccc2)cc1OC. The molecule has 9 nitrogen and oxygen atoms in total. The van der Waals surface area contributed by atoms with Gasteiger partial charge in [-0.25, -0.2) is 8.42 Å². The van der Waals surface area contributed by atoms with Crippen molar-refractivity contribution < 1.29 is 27.5 Å². The highest BCUT2D eigenvalue weighted by atomic mass is 35.5. The number of benzene rings is 3. The number of amides is 2. The maximum absolute atomic E-state index is 14.0. The Morgan fingerprint density at radius 2 is 1.54 bits per heavy atom. The van der Waals surface area contributed by atoms with Crippen LogP contribution in [0.4, 0.5) is 5.69 Å². The fraction of sp³-hybridized carbons (Fsp3) is 0.333. The Morgan fingerprint density at radius 3 is 2.12 bits per heavy atom. The molecule has 0 spiro atoms. The standard InChI is InChI=1S/C30H36ClN3O6S/c1-21(29(36)32-30(2,3)4)33(19-22-12-10-11-15-25(22)31)28(35)20-34(23-13-8-7-9-14-23)41(37,38)24-16-17-26(39-5)27(18-24)40-6/h7-18,21H,19-20H2,1-6H3,(H,32,36)/t21-/m1/s1. The van der Waals surface area contributed by atoms with E-state index < -0.39 is 34.1 Å². The summed E-state index contributed by atoms with van der Waals surface area (Å²) in [6.07, 6.45) is 0. The molecule has 0 unspecified atom stereocenters. The smallest absolute Gasteiger partial charge is 0.264 e. The van der Waals surface area contributed by atoms with Crippen molar-refractivity contribution in [3.8, 4) is 11.5 Å². The average Bonchev–Trinajstić information content (AvgIpc) is 2.94. The van der Waals surface area contributed by atoms with E-state index in [1.165, 1.54) is 37.3 Å². The molecule has 0 saturated heterocycles. The van der Waals surface area contributed by atoms with Gasteiger partial charge >= 0.3 is 0 Å². The van der Waals surface area contributed by atoms with Gasteiger partial charge in [0.15, 0.2) is 11.5 Å². The van der Waals surface area contributed by atoms with Crippen LogP contribution in [0.2, 0.25) is 5.02 Å². The number of rotatable bonds is 11. The molecule has 1 N–H and O–H groups in total. The number of hydrogen-bond acceptors (Lipinski definition) is 6. The maximum atomic E-state index is 14.0. The van der Waals surface area contributed by atoms with Crippen LogP contribution in [-0.2, 0) is 26.2 Å². The molecule has 2 amide bonds. The molecule has 3 aromatic rings. The van der Waals surface area contributed by atoms with Gasteiger partial charge in [0.05, 0.1) is 24.8 Å². The van der Waals surface area contributed by atoms with E-state index in [0.29, 0.717) is 16.3 Å². The van der Waals surface area contributed by atoms with Crippen molar-refractivity contribution in [1.82, 2.24) is 10.2 Å². The molecular weight excluding hydrogens is 566 g/mol. The van der Waals surface area contributed by atoms with Crippen molar-refractivity contribution in [1.29, 1.82) is 0 Å². The Labute approximate surface area is 247 Å². The highest BCUT2D eigenvalue weighted by Gasteiger charge is 2.34. The zero-order valence-electron chi connectivity index (χ0n) is 24.0. The molecule has 0 aliphatic carbocycles. The fourth-order valence-electron chi connectivity index (χ4n) is 4.09. The summed E-state index contributed by atoms with van der Waals surface area (Å²) < 4.78 is 39.6. The number of methoxy groups -OCH3 is 2. The van der Waals surface area contributed by atoms with Gasteiger partial charge in [-0.05, 0) is 63.6 Å². The Bertz CT molecular complexity index is 1480. The van der Waals surface area contributed by atoms with Crippen molar-refractivity contribution >= 4 is 39.1 Å². The van der Waals surface area contributed by atoms with Crippen LogP contribution in [0.3, 0.4) is 0 Å². The predicted octanol–water partition coefficient (Wildman–Crippen LogP) is 4.88. The Kier molecular flexibility index (Phi) is 10.3. The summed E-state index contributed by atoms with van der Waals surface area (Å²) in [5.41, 5.74) is 0.351. The Morgan fingerprint density at radius 1 is 0.927 bits per heavy atom. The van der Waals surface area contributed by atoms with E-state index in [4.69, 9.17) is 21.1 Å². The van der Waals surface area contributed by atoms with Crippen LogP contribution < -0.4 is 19.1 Å². The number of nitrogens with zero attached hydrogens (tertiary/aromatic N) is 2. The third-order valence-corrected chi connectivity index (χ3v) is 8.37. The predicted molar refractivity (Wildman–Crippen MR) is 160 cm³/mol. The normalized spacial score (nSPS) is 12.3. The molecule has 3 aromatic carbocycles. The van der Waals surface area contributed by atoms with E-state index in [1.807, 2.05) is 20.8 Å². The summed E-state index contributed by atoms with van der Waals surface area (Å²) in [6.45, 7) is 6.54. The topological polar surface area (TPSA) is 105 Å². The van der Waals surface area contributed by atoms with Crippen molar-refractivity contribution in [3.05, 3.63) is 83.4 Å². The first kappa shape index (κ1) is 31.8. The van der Waals surface area contributed by atoms with Gasteiger partial charge in [-0.3, -0.25) is 13.9 Å². The number of sulfonamides is 1. The molecule has 41 heavy (non-hydrogen) atoms. The molecule has 0 aromatic heterocycles. The summed E-state index contributed by atoms with van der Waals surface area (Å²) in [5.74, 6) is -0.389. The first-order chi connectivity index (χ1) is 19.3. The molecule has 220 valence electrons. The van der Waals surface area contributed by atoms with Crippen LogP contribution in [0.5, 0.6) is 11.5 Å². The number of hydrogen-bond donors (Lipinski definition) is 1. The molecule has 3 rings (SSSR count). The summed E-state index contributed by atoms with van der Waals surface area (Å²) in [7, 11) is -1.42. The monoisotopic (exact) mass is 601 g/mol. The zero-order chi connectivity index (χ0) is 30.4. The molecule has 0 aliphatic rings. The van der Waals surface area contributed by atoms with E-state index in [2.05, 4.69) is 5.32 Å². The van der Waals surface area contributed by atoms with Crippen molar-refractivity contribution in [2.75, 3.05) is 25.1 Å². The second-order valence-corrected chi connectivity index (χ2v) is 12.7. The summed E-state index contributed by atoms with van der Waals surface area (Å²) >= 11 is 6.40. The second-order valence-electron chi connectivity index (χ2n) is 10.4. The van der Waals surface area contributed by atoms with Crippen LogP contribution in [0, 0.1) is 0 Å². The number of nitrogens with one attached hydrogen (secondary N) is 1. The minimum atomic E-state index is -4.27. The van der Waals surface area contributed by atoms with Gasteiger partial charge < -0.3 is 19.7 Å². The van der Waals surface area contributed by atoms with Crippen molar-refractivity contribution in [3.63, 3.8) is 0 Å². The zero-order valence-corrected chi connectivity index (χ0v) is 25.6. The van der Waals surface area contributed by atoms with Gasteiger partial charge in [-0.2, -0.15) is 0 Å². The number of halogens is 1. The van der Waals surface area contributed by atoms with Crippen LogP contribution in [0.15, 0.2) is 77.7 Å². The highest BCUT2D eigenvalue weighted by Crippen LogP contribution is 2.32. The van der Waals surface area contributed by atoms with Crippen LogP contribution in [-0.4, -0.2) is 57.5 Å². The molecule has 0 aliphatic heterocycles. The van der Waals surface area contributed by atoms with Gasteiger partial charge in [-0.15, -0.1) is 0 Å². The molecule has 1 atom stereocenters. The quantitative estimate of drug-likeness (QED) is 0.336. The van der Waals surface area contributed by atoms with Crippen LogP contribution in [0.1, 0.15) is 33.3 Å². The lowest BCUT2D eigenvalue weighted by atomic mass is 10.1. The molecule has 11 heteroatoms. The number of ether oxygens (including phenoxy) is 2. The molecule has 0 bridgehead atoms. The van der Waals surface area contributed by atoms with Crippen molar-refractivity contribution in [2.45, 2.75) is 50.7 Å². The molecule has 0 heterocycles. The van der Waals surface area contributed by atoms with Gasteiger partial charge in [0.1, 0.15) is 12.6 Å². The average molecular weight is 602 g/mol. The lowest BCUT2D eigenvalue weighted by molar-refractivity contribution is -0.140. The minimum absolute atomic E-state index is 0.00370. The van der Waals surface area contributed by atoms with Crippen LogP contribution in [0.25, 0.3) is 0 Å². The van der Waals surface area contributed by atoms with E-state index >= 15 is 0 Å². The number of carbonyl (C=O) groups is 2. The molecule has 0 radical (unpaired) electrons. The summed E-state index contributed by atoms with van der Waals surface area (Å²) in [4.78, 5) is 28.4. The first-order valence-electron chi connectivity index (χ1n) is 12.9. The van der Waals surface area contributed by atoms with Gasteiger partial charge in [0, 0.05) is 23.2 Å². The second kappa shape index (κ2) is 13.3. The Balaban J connectivity index is 2.06. The molecule has 0 fully saturated rings. The third kappa shape index (κ3) is 7.92. The van der Waals surface area contributed by atoms with Gasteiger partial charge in [0.2, 0.25) is 11.8 Å². The van der Waals surface area contributed by atoms with Crippen LogP contribution >= 0.6 is 11.6 Å². The number of para-hydroxylation sites is 1. The lowest BCUT2D eigenvalue weighted by Crippen LogP contribution is -2.54. The minimum Gasteiger partial charge on any atom is -0.493 e. The van der Waals surface area contributed by atoms with Gasteiger partial charge in [-0.1, -0.05) is 48.0 Å². The Hall–Kier alpha value is -3.76. The lowest BCUT2D eigenvalue weighted by Gasteiger charge is -2.33. The maximum Gasteiger partial charge on any atom is 0.264 e. The fourth-order valence-corrected chi connectivity index (χ4v) is 5.72. The van der Waals surface area contributed by atoms with E-state index in [-0.39, 0.29) is 28.8 Å². The van der Waals surface area contributed by atoms with E-state index in [0.717, 1.165) is 4.31 Å². The largest absolute Gasteiger partial charge is 0.493 e. The first-order valence-corrected chi connectivity index (χ1v) is 14.7. The number of carbonyl (C=O) groups excluding carboxylic acids is 2. The number of anilines is 1. The van der Waals surface area contributed by atoms with Gasteiger partial charge in [0.25, 0.3) is 10.0 Å². The van der Waals surface area contributed by atoms with Crippen molar-refractivity contribution in [2.24, 2.45) is 0 Å².